The minimum atomic E-state index is -4.92. The molecule has 1 atom stereocenters. The third-order valence-electron chi connectivity index (χ3n) is 1.58. The zero-order chi connectivity index (χ0) is 13.0. The molecular weight excluding hydrogens is 229 g/mol. The van der Waals surface area contributed by atoms with Gasteiger partial charge >= 0.3 is 12.1 Å². The number of hydrogen-bond donors (Lipinski definition) is 3. The van der Waals surface area contributed by atoms with Crippen molar-refractivity contribution in [1.29, 1.82) is 0 Å². The van der Waals surface area contributed by atoms with Gasteiger partial charge in [-0.15, -0.1) is 0 Å². The Morgan fingerprint density at radius 1 is 1.44 bits per heavy atom. The molecule has 0 spiro atoms. The van der Waals surface area contributed by atoms with Crippen molar-refractivity contribution in [1.82, 2.24) is 5.32 Å². The summed E-state index contributed by atoms with van der Waals surface area (Å²) < 4.78 is 35.1. The summed E-state index contributed by atoms with van der Waals surface area (Å²) in [5.74, 6) is -3.37. The van der Waals surface area contributed by atoms with E-state index in [0.717, 1.165) is 13.0 Å². The first-order valence-corrected chi connectivity index (χ1v) is 4.12. The van der Waals surface area contributed by atoms with Gasteiger partial charge in [-0.25, -0.2) is 4.79 Å². The number of allylic oxidation sites excluding steroid dienone is 1. The average molecular weight is 240 g/mol. The van der Waals surface area contributed by atoms with Gasteiger partial charge in [-0.1, -0.05) is 6.08 Å². The van der Waals surface area contributed by atoms with Crippen LogP contribution in [0.4, 0.5) is 13.2 Å². The SMILES string of the molecule is CC(N)(NCC=CC(=O)C(F)(F)F)C(=O)O. The standard InChI is InChI=1S/C8H11F3N2O3/c1-7(12,6(15)16)13-4-2-3-5(14)8(9,10)11/h2-3,13H,4,12H2,1H3,(H,15,16). The number of nitrogens with one attached hydrogen (secondary N) is 1. The predicted molar refractivity (Wildman–Crippen MR) is 48.4 cm³/mol. The number of hydrogen-bond acceptors (Lipinski definition) is 4. The highest BCUT2D eigenvalue weighted by molar-refractivity contribution is 5.94. The van der Waals surface area contributed by atoms with Crippen LogP contribution in [0.5, 0.6) is 0 Å². The summed E-state index contributed by atoms with van der Waals surface area (Å²) in [6, 6.07) is 0. The lowest BCUT2D eigenvalue weighted by atomic mass is 10.2. The summed E-state index contributed by atoms with van der Waals surface area (Å²) >= 11 is 0. The molecule has 8 heteroatoms. The molecule has 0 aromatic rings. The third-order valence-corrected chi connectivity index (χ3v) is 1.58. The van der Waals surface area contributed by atoms with Crippen molar-refractivity contribution in [3.63, 3.8) is 0 Å². The Balaban J connectivity index is 4.15. The summed E-state index contributed by atoms with van der Waals surface area (Å²) in [6.45, 7) is 0.871. The highest BCUT2D eigenvalue weighted by atomic mass is 19.4. The first kappa shape index (κ1) is 14.6. The second-order valence-electron chi connectivity index (χ2n) is 3.15. The summed E-state index contributed by atoms with van der Waals surface area (Å²) in [5.41, 5.74) is 3.45. The Labute approximate surface area is 89.1 Å². The molecule has 0 fully saturated rings. The van der Waals surface area contributed by atoms with Crippen molar-refractivity contribution in [2.24, 2.45) is 5.73 Å². The number of alkyl halides is 3. The maximum absolute atomic E-state index is 11.7. The van der Waals surface area contributed by atoms with E-state index < -0.39 is 23.6 Å². The molecule has 0 aliphatic carbocycles. The highest BCUT2D eigenvalue weighted by Crippen LogP contribution is 2.16. The van der Waals surface area contributed by atoms with Crippen LogP contribution in [0, 0.1) is 0 Å². The molecule has 0 saturated carbocycles. The van der Waals surface area contributed by atoms with Crippen LogP contribution in [-0.2, 0) is 9.59 Å². The van der Waals surface area contributed by atoms with Gasteiger partial charge in [0.25, 0.3) is 5.78 Å². The quantitative estimate of drug-likeness (QED) is 0.465. The molecule has 92 valence electrons. The van der Waals surface area contributed by atoms with Crippen LogP contribution in [-0.4, -0.2) is 35.2 Å². The van der Waals surface area contributed by atoms with E-state index in [1.807, 2.05) is 0 Å². The Kier molecular flexibility index (Phi) is 4.63. The smallest absolute Gasteiger partial charge is 0.454 e. The number of aliphatic carboxylic acids is 1. The van der Waals surface area contributed by atoms with Crippen molar-refractivity contribution >= 4 is 11.8 Å². The lowest BCUT2D eigenvalue weighted by molar-refractivity contribution is -0.165. The number of carbonyl (C=O) groups excluding carboxylic acids is 1. The maximum atomic E-state index is 11.7. The lowest BCUT2D eigenvalue weighted by Crippen LogP contribution is -2.57. The van der Waals surface area contributed by atoms with E-state index in [1.165, 1.54) is 0 Å². The summed E-state index contributed by atoms with van der Waals surface area (Å²) in [6.07, 6.45) is -3.76. The second-order valence-corrected chi connectivity index (χ2v) is 3.15. The topological polar surface area (TPSA) is 92.4 Å². The molecule has 0 saturated heterocycles. The van der Waals surface area contributed by atoms with E-state index in [0.29, 0.717) is 6.08 Å². The number of carboxylic acid groups (broad SMARTS) is 1. The number of rotatable bonds is 5. The fourth-order valence-corrected chi connectivity index (χ4v) is 0.607. The van der Waals surface area contributed by atoms with Crippen molar-refractivity contribution in [3.8, 4) is 0 Å². The van der Waals surface area contributed by atoms with Gasteiger partial charge in [0.1, 0.15) is 0 Å². The van der Waals surface area contributed by atoms with Crippen LogP contribution in [0.15, 0.2) is 12.2 Å². The van der Waals surface area contributed by atoms with Gasteiger partial charge < -0.3 is 10.8 Å². The maximum Gasteiger partial charge on any atom is 0.454 e. The monoisotopic (exact) mass is 240 g/mol. The predicted octanol–water partition coefficient (Wildman–Crippen LogP) is 0.0231. The van der Waals surface area contributed by atoms with Crippen LogP contribution in [0.2, 0.25) is 0 Å². The number of nitrogens with two attached hydrogens (primary N) is 1. The highest BCUT2D eigenvalue weighted by Gasteiger charge is 2.36. The fourth-order valence-electron chi connectivity index (χ4n) is 0.607. The molecule has 0 rings (SSSR count). The zero-order valence-corrected chi connectivity index (χ0v) is 8.34. The minimum Gasteiger partial charge on any atom is -0.479 e. The first-order chi connectivity index (χ1) is 7.07. The van der Waals surface area contributed by atoms with E-state index in [-0.39, 0.29) is 6.54 Å². The van der Waals surface area contributed by atoms with Gasteiger partial charge in [0, 0.05) is 6.54 Å². The Morgan fingerprint density at radius 2 is 1.94 bits per heavy atom. The second kappa shape index (κ2) is 5.08. The number of halogens is 3. The molecule has 0 aromatic heterocycles. The molecule has 0 aliphatic heterocycles. The van der Waals surface area contributed by atoms with Crippen LogP contribution < -0.4 is 11.1 Å². The molecule has 0 aromatic carbocycles. The molecule has 1 unspecified atom stereocenters. The van der Waals surface area contributed by atoms with E-state index in [4.69, 9.17) is 10.8 Å². The molecule has 0 aliphatic rings. The van der Waals surface area contributed by atoms with Gasteiger partial charge in [-0.05, 0) is 13.0 Å². The van der Waals surface area contributed by atoms with E-state index >= 15 is 0 Å². The lowest BCUT2D eigenvalue weighted by Gasteiger charge is -2.19. The Hall–Kier alpha value is -1.41. The fraction of sp³-hybridized carbons (Fsp3) is 0.500. The van der Waals surface area contributed by atoms with Gasteiger partial charge in [0.05, 0.1) is 0 Å². The van der Waals surface area contributed by atoms with Gasteiger partial charge in [0.2, 0.25) is 0 Å². The molecule has 4 N–H and O–H groups in total. The van der Waals surface area contributed by atoms with Crippen molar-refractivity contribution in [2.75, 3.05) is 6.54 Å². The number of carboxylic acids is 1. The van der Waals surface area contributed by atoms with E-state index in [9.17, 15) is 22.8 Å². The van der Waals surface area contributed by atoms with E-state index in [2.05, 4.69) is 5.32 Å². The molecule has 5 nitrogen and oxygen atoms in total. The van der Waals surface area contributed by atoms with Crippen molar-refractivity contribution in [3.05, 3.63) is 12.2 Å². The normalized spacial score (nSPS) is 16.1. The zero-order valence-electron chi connectivity index (χ0n) is 8.34. The average Bonchev–Trinajstić information content (AvgIpc) is 2.10. The molecular formula is C8H11F3N2O3. The van der Waals surface area contributed by atoms with Crippen LogP contribution >= 0.6 is 0 Å². The molecule has 0 amide bonds. The summed E-state index contributed by atoms with van der Waals surface area (Å²) in [4.78, 5) is 20.8. The Bertz CT molecular complexity index is 310. The van der Waals surface area contributed by atoms with Gasteiger partial charge in [-0.3, -0.25) is 10.1 Å². The van der Waals surface area contributed by atoms with Crippen molar-refractivity contribution in [2.45, 2.75) is 18.8 Å². The van der Waals surface area contributed by atoms with Crippen LogP contribution in [0.3, 0.4) is 0 Å². The Morgan fingerprint density at radius 3 is 2.31 bits per heavy atom. The van der Waals surface area contributed by atoms with Crippen LogP contribution in [0.25, 0.3) is 0 Å². The largest absolute Gasteiger partial charge is 0.479 e. The van der Waals surface area contributed by atoms with Crippen molar-refractivity contribution < 1.29 is 27.9 Å². The number of ketones is 1. The molecule has 0 bridgehead atoms. The minimum absolute atomic E-state index is 0.263. The summed E-state index contributed by atoms with van der Waals surface area (Å²) in [7, 11) is 0. The summed E-state index contributed by atoms with van der Waals surface area (Å²) in [5, 5.41) is 10.8. The molecule has 0 heterocycles. The molecule has 0 radical (unpaired) electrons. The van der Waals surface area contributed by atoms with Crippen LogP contribution in [0.1, 0.15) is 6.92 Å². The molecule has 16 heavy (non-hydrogen) atoms. The van der Waals surface area contributed by atoms with Gasteiger partial charge in [0.15, 0.2) is 5.66 Å². The van der Waals surface area contributed by atoms with E-state index in [1.54, 1.807) is 0 Å². The number of carbonyl (C=O) groups is 2. The first-order valence-electron chi connectivity index (χ1n) is 4.12. The third kappa shape index (κ3) is 4.89. The van der Waals surface area contributed by atoms with Gasteiger partial charge in [-0.2, -0.15) is 13.2 Å².